The number of hydrogen-bond donors (Lipinski definition) is 1. The number of nitrogens with zero attached hydrogens (tertiary/aromatic N) is 3. The highest BCUT2D eigenvalue weighted by molar-refractivity contribution is 6.30. The van der Waals surface area contributed by atoms with Crippen LogP contribution >= 0.6 is 11.6 Å². The van der Waals surface area contributed by atoms with Gasteiger partial charge in [-0.3, -0.25) is 9.36 Å². The Kier molecular flexibility index (Phi) is 6.51. The minimum absolute atomic E-state index is 0.0376. The maximum atomic E-state index is 13.8. The fourth-order valence-corrected chi connectivity index (χ4v) is 4.05. The van der Waals surface area contributed by atoms with Crippen molar-refractivity contribution in [3.8, 4) is 17.2 Å². The average molecular weight is 538 g/mol. The predicted octanol–water partition coefficient (Wildman–Crippen LogP) is 5.48. The van der Waals surface area contributed by atoms with Crippen molar-refractivity contribution in [2.45, 2.75) is 31.2 Å². The first-order chi connectivity index (χ1) is 16.8. The van der Waals surface area contributed by atoms with E-state index in [1.54, 1.807) is 0 Å². The van der Waals surface area contributed by atoms with E-state index in [2.05, 4.69) is 14.9 Å². The van der Waals surface area contributed by atoms with E-state index in [-0.39, 0.29) is 21.8 Å². The number of benzene rings is 2. The monoisotopic (exact) mass is 537 g/mol. The van der Waals surface area contributed by atoms with Crippen LogP contribution in [0.25, 0.3) is 5.69 Å². The molecule has 192 valence electrons. The summed E-state index contributed by atoms with van der Waals surface area (Å²) in [6.07, 6.45) is -14.0. The van der Waals surface area contributed by atoms with Crippen molar-refractivity contribution in [2.75, 3.05) is 7.11 Å². The Morgan fingerprint density at radius 1 is 1.14 bits per heavy atom. The number of hydrogen-bond acceptors (Lipinski definition) is 6. The normalized spacial score (nSPS) is 17.7. The van der Waals surface area contributed by atoms with Crippen LogP contribution in [0.1, 0.15) is 41.4 Å². The van der Waals surface area contributed by atoms with E-state index < -0.39 is 60.3 Å². The predicted molar refractivity (Wildman–Crippen MR) is 109 cm³/mol. The molecule has 0 spiro atoms. The second-order valence-corrected chi connectivity index (χ2v) is 7.88. The van der Waals surface area contributed by atoms with Crippen LogP contribution in [0.15, 0.2) is 36.4 Å². The average Bonchev–Trinajstić information content (AvgIpc) is 3.16. The molecule has 4 rings (SSSR count). The zero-order valence-electron chi connectivity index (χ0n) is 17.9. The van der Waals surface area contributed by atoms with Gasteiger partial charge < -0.3 is 19.3 Å². The van der Waals surface area contributed by atoms with Gasteiger partial charge >= 0.3 is 18.5 Å². The summed E-state index contributed by atoms with van der Waals surface area (Å²) in [7, 11) is 1.06. The summed E-state index contributed by atoms with van der Waals surface area (Å²) in [6, 6.07) is 7.18. The third-order valence-corrected chi connectivity index (χ3v) is 5.36. The van der Waals surface area contributed by atoms with Crippen LogP contribution in [0, 0.1) is 0 Å². The first-order valence-electron chi connectivity index (χ1n) is 9.92. The summed E-state index contributed by atoms with van der Waals surface area (Å²) in [5, 5.41) is 16.2. The maximum Gasteiger partial charge on any atom is 0.573 e. The van der Waals surface area contributed by atoms with E-state index in [1.165, 1.54) is 30.3 Å². The summed E-state index contributed by atoms with van der Waals surface area (Å²) in [6.45, 7) is 0. The lowest BCUT2D eigenvalue weighted by molar-refractivity contribution is -0.275. The fraction of sp³-hybridized carbons (Fsp3) is 0.286. The minimum atomic E-state index is -5.08. The number of ether oxygens (including phenoxy) is 3. The number of aromatic nitrogens is 3. The van der Waals surface area contributed by atoms with Gasteiger partial charge in [0, 0.05) is 16.1 Å². The number of carboxylic acid groups (broad SMARTS) is 1. The van der Waals surface area contributed by atoms with Crippen molar-refractivity contribution in [2.24, 2.45) is 0 Å². The maximum absolute atomic E-state index is 13.8. The van der Waals surface area contributed by atoms with Gasteiger partial charge in [-0.2, -0.15) is 13.2 Å². The minimum Gasteiger partial charge on any atom is -0.492 e. The van der Waals surface area contributed by atoms with Gasteiger partial charge in [0.25, 0.3) is 0 Å². The number of aliphatic carboxylic acids is 1. The molecule has 0 saturated heterocycles. The molecule has 2 heterocycles. The molecule has 3 aromatic rings. The van der Waals surface area contributed by atoms with Gasteiger partial charge in [-0.25, -0.2) is 0 Å². The third kappa shape index (κ3) is 4.91. The summed E-state index contributed by atoms with van der Waals surface area (Å²) in [4.78, 5) is 11.5. The molecular formula is C21H14ClF6N3O5. The molecular weight excluding hydrogens is 524 g/mol. The number of rotatable bonds is 5. The zero-order chi connectivity index (χ0) is 26.4. The quantitative estimate of drug-likeness (QED) is 0.430. The van der Waals surface area contributed by atoms with Crippen LogP contribution in [0.5, 0.6) is 11.5 Å². The lowest BCUT2D eigenvalue weighted by atomic mass is 9.98. The molecule has 1 N–H and O–H groups in total. The molecule has 0 amide bonds. The van der Waals surface area contributed by atoms with Gasteiger partial charge in [0.05, 0.1) is 19.2 Å². The fourth-order valence-electron chi connectivity index (χ4n) is 3.86. The molecule has 36 heavy (non-hydrogen) atoms. The second kappa shape index (κ2) is 9.17. The topological polar surface area (TPSA) is 95.7 Å². The van der Waals surface area contributed by atoms with E-state index in [9.17, 15) is 36.2 Å². The van der Waals surface area contributed by atoms with Crippen molar-refractivity contribution in [1.82, 2.24) is 14.8 Å². The Morgan fingerprint density at radius 3 is 2.47 bits per heavy atom. The highest BCUT2D eigenvalue weighted by atomic mass is 35.5. The van der Waals surface area contributed by atoms with Gasteiger partial charge in [0.1, 0.15) is 12.2 Å². The zero-order valence-corrected chi connectivity index (χ0v) is 18.6. The van der Waals surface area contributed by atoms with Crippen molar-refractivity contribution in [3.05, 3.63) is 64.2 Å². The Morgan fingerprint density at radius 2 is 1.86 bits per heavy atom. The number of fused-ring (bicyclic) bond motifs is 3. The summed E-state index contributed by atoms with van der Waals surface area (Å²) < 4.78 is 96.0. The van der Waals surface area contributed by atoms with Crippen LogP contribution < -0.4 is 9.47 Å². The van der Waals surface area contributed by atoms with Crippen LogP contribution in [-0.4, -0.2) is 39.3 Å². The summed E-state index contributed by atoms with van der Waals surface area (Å²) in [5.74, 6) is -4.55. The standard InChI is InChI=1S/C21H14ClF6N3O5/c1-34-17-10(3-2-4-13(17)36-21(26,27)28)16-11-7-9(22)5-6-12(11)31-18(14(35-16)8-15(32)33)29-30-19(31)20(23,24)25/h2-7,14,16H,8H2,1H3,(H,32,33). The molecule has 1 aliphatic rings. The lowest BCUT2D eigenvalue weighted by Gasteiger charge is -2.25. The van der Waals surface area contributed by atoms with E-state index in [0.717, 1.165) is 13.2 Å². The van der Waals surface area contributed by atoms with E-state index >= 15 is 0 Å². The molecule has 0 fully saturated rings. The highest BCUT2D eigenvalue weighted by Crippen LogP contribution is 2.48. The van der Waals surface area contributed by atoms with Gasteiger partial charge in [0.15, 0.2) is 17.3 Å². The van der Waals surface area contributed by atoms with Crippen molar-refractivity contribution in [3.63, 3.8) is 0 Å². The van der Waals surface area contributed by atoms with Crippen LogP contribution in [-0.2, 0) is 15.7 Å². The molecule has 15 heteroatoms. The largest absolute Gasteiger partial charge is 0.573 e. The number of alkyl halides is 6. The summed E-state index contributed by atoms with van der Waals surface area (Å²) in [5.41, 5.74) is -0.302. The SMILES string of the molecule is COc1c(OC(F)(F)F)cccc1C1OC(CC(=O)O)c2nnc(C(F)(F)F)n2-c2ccc(Cl)cc21. The molecule has 0 bridgehead atoms. The lowest BCUT2D eigenvalue weighted by Crippen LogP contribution is -2.19. The molecule has 8 nitrogen and oxygen atoms in total. The van der Waals surface area contributed by atoms with Crippen molar-refractivity contribution >= 4 is 17.6 Å². The number of methoxy groups -OCH3 is 1. The second-order valence-electron chi connectivity index (χ2n) is 7.45. The molecule has 0 saturated carbocycles. The van der Waals surface area contributed by atoms with E-state index in [0.29, 0.717) is 4.57 Å². The van der Waals surface area contributed by atoms with Gasteiger partial charge in [-0.05, 0) is 24.3 Å². The molecule has 2 atom stereocenters. The third-order valence-electron chi connectivity index (χ3n) is 5.12. The van der Waals surface area contributed by atoms with E-state index in [4.69, 9.17) is 21.1 Å². The highest BCUT2D eigenvalue weighted by Gasteiger charge is 2.44. The number of para-hydroxylation sites is 1. The number of halogens is 7. The molecule has 2 aromatic carbocycles. The van der Waals surface area contributed by atoms with Gasteiger partial charge in [-0.15, -0.1) is 23.4 Å². The van der Waals surface area contributed by atoms with Gasteiger partial charge in [0.2, 0.25) is 5.82 Å². The van der Waals surface area contributed by atoms with Crippen molar-refractivity contribution in [1.29, 1.82) is 0 Å². The molecule has 1 aromatic heterocycles. The van der Waals surface area contributed by atoms with Crippen LogP contribution in [0.2, 0.25) is 5.02 Å². The number of carboxylic acids is 1. The molecule has 0 aliphatic carbocycles. The molecule has 1 aliphatic heterocycles. The Balaban J connectivity index is 2.00. The van der Waals surface area contributed by atoms with Crippen molar-refractivity contribution < 1.29 is 50.5 Å². The van der Waals surface area contributed by atoms with E-state index in [1.807, 2.05) is 0 Å². The first-order valence-corrected chi connectivity index (χ1v) is 10.3. The Bertz CT molecular complexity index is 1310. The smallest absolute Gasteiger partial charge is 0.492 e. The molecule has 0 radical (unpaired) electrons. The molecule has 2 unspecified atom stereocenters. The van der Waals surface area contributed by atoms with Crippen LogP contribution in [0.4, 0.5) is 26.3 Å². The Labute approximate surface area is 203 Å². The van der Waals surface area contributed by atoms with Crippen LogP contribution in [0.3, 0.4) is 0 Å². The Hall–Kier alpha value is -3.52. The van der Waals surface area contributed by atoms with Gasteiger partial charge in [-0.1, -0.05) is 23.7 Å². The first kappa shape index (κ1) is 25.6. The summed E-state index contributed by atoms with van der Waals surface area (Å²) >= 11 is 6.11. The number of carbonyl (C=O) groups is 1.